The van der Waals surface area contributed by atoms with Crippen LogP contribution < -0.4 is 20.3 Å². The first-order valence-corrected chi connectivity index (χ1v) is 9.66. The van der Waals surface area contributed by atoms with Crippen LogP contribution in [0.1, 0.15) is 36.2 Å². The Kier molecular flexibility index (Phi) is 5.32. The van der Waals surface area contributed by atoms with Gasteiger partial charge < -0.3 is 24.1 Å². The standard InChI is InChI=1S/C20H20N4O7/c1-4-28-20(27)16-15-18(31-23-16)21-11(3)24(19(15)26)10(2)17(25)22-12-5-6-13-14(9-12)30-8-7-29-13/h5-6,9-10H,4,7-8H2,1-3H3,(H,22,25)/t10-/m0/s1. The maximum atomic E-state index is 13.1. The predicted molar refractivity (Wildman–Crippen MR) is 108 cm³/mol. The van der Waals surface area contributed by atoms with E-state index in [0.717, 1.165) is 0 Å². The summed E-state index contributed by atoms with van der Waals surface area (Å²) in [6.07, 6.45) is 0. The molecule has 0 spiro atoms. The molecule has 11 heteroatoms. The number of hydrogen-bond donors (Lipinski definition) is 1. The van der Waals surface area contributed by atoms with Gasteiger partial charge in [0, 0.05) is 11.8 Å². The first-order valence-electron chi connectivity index (χ1n) is 9.66. The molecule has 1 aromatic carbocycles. The third-order valence-electron chi connectivity index (χ3n) is 4.76. The summed E-state index contributed by atoms with van der Waals surface area (Å²) in [6, 6.07) is 4.08. The number of carbonyl (C=O) groups excluding carboxylic acids is 2. The number of carbonyl (C=O) groups is 2. The van der Waals surface area contributed by atoms with Gasteiger partial charge in [-0.15, -0.1) is 0 Å². The van der Waals surface area contributed by atoms with E-state index in [2.05, 4.69) is 15.5 Å². The Morgan fingerprint density at radius 2 is 2.00 bits per heavy atom. The third kappa shape index (κ3) is 3.69. The Morgan fingerprint density at radius 3 is 2.74 bits per heavy atom. The molecule has 31 heavy (non-hydrogen) atoms. The molecule has 1 aliphatic heterocycles. The number of aromatic nitrogens is 3. The van der Waals surface area contributed by atoms with E-state index in [0.29, 0.717) is 30.4 Å². The molecule has 1 aliphatic rings. The van der Waals surface area contributed by atoms with Crippen molar-refractivity contribution in [2.75, 3.05) is 25.1 Å². The van der Waals surface area contributed by atoms with Crippen molar-refractivity contribution in [3.05, 3.63) is 40.1 Å². The Hall–Kier alpha value is -3.89. The second kappa shape index (κ2) is 8.09. The fourth-order valence-electron chi connectivity index (χ4n) is 3.30. The number of esters is 1. The van der Waals surface area contributed by atoms with Crippen molar-refractivity contribution >= 4 is 28.7 Å². The van der Waals surface area contributed by atoms with Crippen LogP contribution in [-0.2, 0) is 9.53 Å². The van der Waals surface area contributed by atoms with Gasteiger partial charge in [0.05, 0.1) is 6.61 Å². The summed E-state index contributed by atoms with van der Waals surface area (Å²) in [5.41, 5.74) is -0.515. The first-order chi connectivity index (χ1) is 14.9. The molecule has 0 fully saturated rings. The summed E-state index contributed by atoms with van der Waals surface area (Å²) in [4.78, 5) is 42.3. The molecular formula is C20H20N4O7. The lowest BCUT2D eigenvalue weighted by molar-refractivity contribution is -0.118. The number of nitrogens with zero attached hydrogens (tertiary/aromatic N) is 3. The lowest BCUT2D eigenvalue weighted by Crippen LogP contribution is -2.34. The number of aryl methyl sites for hydroxylation is 1. The number of amides is 1. The third-order valence-corrected chi connectivity index (χ3v) is 4.76. The van der Waals surface area contributed by atoms with Crippen LogP contribution in [0.25, 0.3) is 11.1 Å². The molecule has 11 nitrogen and oxygen atoms in total. The van der Waals surface area contributed by atoms with E-state index in [4.69, 9.17) is 18.7 Å². The maximum absolute atomic E-state index is 13.1. The van der Waals surface area contributed by atoms with Gasteiger partial charge in [-0.3, -0.25) is 14.2 Å². The predicted octanol–water partition coefficient (Wildman–Crippen LogP) is 1.84. The highest BCUT2D eigenvalue weighted by Gasteiger charge is 2.27. The van der Waals surface area contributed by atoms with E-state index in [1.54, 1.807) is 39.0 Å². The van der Waals surface area contributed by atoms with Crippen molar-refractivity contribution in [1.82, 2.24) is 14.7 Å². The lowest BCUT2D eigenvalue weighted by atomic mass is 10.2. The van der Waals surface area contributed by atoms with E-state index in [9.17, 15) is 14.4 Å². The smallest absolute Gasteiger partial charge is 0.361 e. The monoisotopic (exact) mass is 428 g/mol. The zero-order valence-electron chi connectivity index (χ0n) is 17.1. The van der Waals surface area contributed by atoms with E-state index >= 15 is 0 Å². The topological polar surface area (TPSA) is 135 Å². The van der Waals surface area contributed by atoms with Crippen molar-refractivity contribution in [3.8, 4) is 11.5 Å². The van der Waals surface area contributed by atoms with Crippen LogP contribution in [0.2, 0.25) is 0 Å². The number of rotatable bonds is 5. The molecule has 0 unspecified atom stereocenters. The van der Waals surface area contributed by atoms with Crippen molar-refractivity contribution in [3.63, 3.8) is 0 Å². The number of anilines is 1. The zero-order valence-corrected chi connectivity index (χ0v) is 17.1. The van der Waals surface area contributed by atoms with Gasteiger partial charge in [-0.25, -0.2) is 4.79 Å². The Labute approximate surface area is 175 Å². The van der Waals surface area contributed by atoms with Crippen molar-refractivity contribution in [1.29, 1.82) is 0 Å². The molecule has 0 saturated carbocycles. The molecule has 4 rings (SSSR count). The number of ether oxygens (including phenoxy) is 3. The SMILES string of the molecule is CCOC(=O)c1noc2nc(C)n([C@@H](C)C(=O)Nc3ccc4c(c3)OCCO4)c(=O)c12. The van der Waals surface area contributed by atoms with Crippen molar-refractivity contribution < 1.29 is 28.3 Å². The molecule has 162 valence electrons. The van der Waals surface area contributed by atoms with Crippen molar-refractivity contribution in [2.45, 2.75) is 26.8 Å². The minimum Gasteiger partial charge on any atom is -0.486 e. The molecule has 1 amide bonds. The molecule has 0 aliphatic carbocycles. The molecule has 3 aromatic rings. The number of fused-ring (bicyclic) bond motifs is 2. The summed E-state index contributed by atoms with van der Waals surface area (Å²) in [7, 11) is 0. The second-order valence-corrected chi connectivity index (χ2v) is 6.79. The molecule has 1 atom stereocenters. The highest BCUT2D eigenvalue weighted by atomic mass is 16.6. The Bertz CT molecular complexity index is 1230. The van der Waals surface area contributed by atoms with Crippen LogP contribution in [-0.4, -0.2) is 46.4 Å². The fourth-order valence-corrected chi connectivity index (χ4v) is 3.30. The summed E-state index contributed by atoms with van der Waals surface area (Å²) in [5.74, 6) is 0.0876. The van der Waals surface area contributed by atoms with Crippen LogP contribution in [0.3, 0.4) is 0 Å². The average Bonchev–Trinajstić information content (AvgIpc) is 3.18. The van der Waals surface area contributed by atoms with E-state index < -0.39 is 23.5 Å². The summed E-state index contributed by atoms with van der Waals surface area (Å²) >= 11 is 0. The minimum absolute atomic E-state index is 0.0961. The molecule has 2 aromatic heterocycles. The van der Waals surface area contributed by atoms with Gasteiger partial charge in [0.1, 0.15) is 30.5 Å². The molecule has 0 saturated heterocycles. The van der Waals surface area contributed by atoms with Gasteiger partial charge >= 0.3 is 5.97 Å². The fraction of sp³-hybridized carbons (Fsp3) is 0.350. The number of hydrogen-bond acceptors (Lipinski definition) is 9. The summed E-state index contributed by atoms with van der Waals surface area (Å²) < 4.78 is 22.1. The first kappa shape index (κ1) is 20.4. The van der Waals surface area contributed by atoms with Gasteiger partial charge in [-0.1, -0.05) is 5.16 Å². The van der Waals surface area contributed by atoms with Crippen molar-refractivity contribution in [2.24, 2.45) is 0 Å². The molecule has 3 heterocycles. The zero-order chi connectivity index (χ0) is 22.1. The van der Waals surface area contributed by atoms with Crippen LogP contribution in [0, 0.1) is 6.92 Å². The van der Waals surface area contributed by atoms with Crippen LogP contribution >= 0.6 is 0 Å². The van der Waals surface area contributed by atoms with Gasteiger partial charge in [0.2, 0.25) is 11.6 Å². The normalized spacial score (nSPS) is 13.6. The van der Waals surface area contributed by atoms with Crippen LogP contribution in [0.5, 0.6) is 11.5 Å². The van der Waals surface area contributed by atoms with Gasteiger partial charge in [0.25, 0.3) is 11.3 Å². The van der Waals surface area contributed by atoms with Gasteiger partial charge in [-0.05, 0) is 32.9 Å². The Morgan fingerprint density at radius 1 is 1.26 bits per heavy atom. The van der Waals surface area contributed by atoms with Gasteiger partial charge in [-0.2, -0.15) is 4.98 Å². The quantitative estimate of drug-likeness (QED) is 0.604. The second-order valence-electron chi connectivity index (χ2n) is 6.79. The van der Waals surface area contributed by atoms with Crippen LogP contribution in [0.15, 0.2) is 27.5 Å². The molecular weight excluding hydrogens is 408 g/mol. The molecule has 0 radical (unpaired) electrons. The summed E-state index contributed by atoms with van der Waals surface area (Å²) in [6.45, 7) is 5.72. The highest BCUT2D eigenvalue weighted by Crippen LogP contribution is 2.32. The summed E-state index contributed by atoms with van der Waals surface area (Å²) in [5, 5.41) is 6.23. The largest absolute Gasteiger partial charge is 0.486 e. The number of nitrogens with one attached hydrogen (secondary N) is 1. The highest BCUT2D eigenvalue weighted by molar-refractivity contribution is 6.00. The average molecular weight is 428 g/mol. The van der Waals surface area contributed by atoms with Crippen LogP contribution in [0.4, 0.5) is 5.69 Å². The lowest BCUT2D eigenvalue weighted by Gasteiger charge is -2.20. The Balaban J connectivity index is 1.66. The molecule has 0 bridgehead atoms. The molecule has 1 N–H and O–H groups in total. The van der Waals surface area contributed by atoms with E-state index in [1.807, 2.05) is 0 Å². The van der Waals surface area contributed by atoms with Gasteiger partial charge in [0.15, 0.2) is 11.5 Å². The van der Waals surface area contributed by atoms with E-state index in [1.165, 1.54) is 4.57 Å². The van der Waals surface area contributed by atoms with E-state index in [-0.39, 0.29) is 29.2 Å². The minimum atomic E-state index is -0.942. The number of benzene rings is 1. The maximum Gasteiger partial charge on any atom is 0.361 e.